The van der Waals surface area contributed by atoms with Gasteiger partial charge < -0.3 is 15.4 Å². The lowest BCUT2D eigenvalue weighted by molar-refractivity contribution is 0.155. The number of nitrogens with one attached hydrogen (secondary N) is 2. The maximum Gasteiger partial charge on any atom is 0.238 e. The van der Waals surface area contributed by atoms with E-state index in [1.165, 1.54) is 19.3 Å². The van der Waals surface area contributed by atoms with Crippen molar-refractivity contribution in [1.29, 1.82) is 0 Å². The van der Waals surface area contributed by atoms with Crippen molar-refractivity contribution in [1.82, 2.24) is 15.0 Å². The number of anilines is 1. The molecular weight excluding hydrogens is 338 g/mol. The standard InChI is InChI=1S/C21H25N5O/c1-20(2)13-6-7-21(3,10-13)18(20)26-19-24-15(17(27)25-19)9-12-11-23-16-14(12)5-4-8-22-16/h4-5,8-9,11,13,18,27H,6-7,10H2,1-3H3,(H2,24,25,26)/b12-9+/t13-,18+,21+/m1/s1. The zero-order chi connectivity index (χ0) is 18.8. The zero-order valence-electron chi connectivity index (χ0n) is 16.0. The number of H-pyrrole nitrogens is 1. The van der Waals surface area contributed by atoms with Crippen LogP contribution in [0.15, 0.2) is 23.3 Å². The first kappa shape index (κ1) is 16.5. The molecular formula is C21H25N5O. The van der Waals surface area contributed by atoms with Crippen LogP contribution >= 0.6 is 0 Å². The highest BCUT2D eigenvalue weighted by Gasteiger charge is 2.59. The molecule has 2 aromatic heterocycles. The van der Waals surface area contributed by atoms with Crippen LogP contribution in [0, 0.1) is 16.7 Å². The fourth-order valence-corrected chi connectivity index (χ4v) is 5.54. The monoisotopic (exact) mass is 363 g/mol. The molecule has 0 unspecified atom stereocenters. The third-order valence-electron chi connectivity index (χ3n) is 6.99. The molecule has 6 nitrogen and oxygen atoms in total. The summed E-state index contributed by atoms with van der Waals surface area (Å²) in [6, 6.07) is 4.21. The molecule has 1 aliphatic heterocycles. The van der Waals surface area contributed by atoms with Gasteiger partial charge in [0.25, 0.3) is 0 Å². The number of hydrogen-bond acceptors (Lipinski definition) is 5. The first-order chi connectivity index (χ1) is 12.9. The lowest BCUT2D eigenvalue weighted by Gasteiger charge is -2.43. The SMILES string of the molecule is CC1(C)[C@@H]2CC[C@@](C)(C2)[C@H]1Nc1nc(O)c(/C=C2\C=Nc3ncccc32)[nH]1. The van der Waals surface area contributed by atoms with Crippen LogP contribution in [0.25, 0.3) is 11.6 Å². The van der Waals surface area contributed by atoms with E-state index in [1.54, 1.807) is 12.4 Å². The fourth-order valence-electron chi connectivity index (χ4n) is 5.54. The normalized spacial score (nSPS) is 31.6. The molecule has 140 valence electrons. The number of allylic oxidation sites excluding steroid dienone is 1. The Bertz CT molecular complexity index is 968. The molecule has 27 heavy (non-hydrogen) atoms. The summed E-state index contributed by atoms with van der Waals surface area (Å²) < 4.78 is 0. The number of imidazole rings is 1. The van der Waals surface area contributed by atoms with Crippen LogP contribution in [0.3, 0.4) is 0 Å². The van der Waals surface area contributed by atoms with Crippen LogP contribution in [0.4, 0.5) is 11.8 Å². The van der Waals surface area contributed by atoms with Crippen molar-refractivity contribution in [2.24, 2.45) is 21.7 Å². The van der Waals surface area contributed by atoms with E-state index in [1.807, 2.05) is 18.2 Å². The molecule has 2 bridgehead atoms. The molecule has 3 aliphatic rings. The van der Waals surface area contributed by atoms with Crippen molar-refractivity contribution in [3.05, 3.63) is 29.6 Å². The predicted octanol–water partition coefficient (Wildman–Crippen LogP) is 4.39. The Hall–Kier alpha value is -2.63. The predicted molar refractivity (Wildman–Crippen MR) is 107 cm³/mol. The van der Waals surface area contributed by atoms with Gasteiger partial charge >= 0.3 is 0 Å². The van der Waals surface area contributed by atoms with Crippen molar-refractivity contribution in [2.45, 2.75) is 46.1 Å². The second-order valence-electron chi connectivity index (χ2n) is 9.05. The number of fused-ring (bicyclic) bond motifs is 3. The lowest BCUT2D eigenvalue weighted by Crippen LogP contribution is -2.46. The topological polar surface area (TPSA) is 86.2 Å². The molecule has 3 heterocycles. The largest absolute Gasteiger partial charge is 0.492 e. The Morgan fingerprint density at radius 3 is 2.96 bits per heavy atom. The van der Waals surface area contributed by atoms with Crippen LogP contribution in [0.1, 0.15) is 51.3 Å². The van der Waals surface area contributed by atoms with E-state index >= 15 is 0 Å². The minimum atomic E-state index is 0.00172. The van der Waals surface area contributed by atoms with Crippen molar-refractivity contribution in [3.63, 3.8) is 0 Å². The number of hydrogen-bond donors (Lipinski definition) is 3. The van der Waals surface area contributed by atoms with Gasteiger partial charge in [0, 0.05) is 29.6 Å². The molecule has 2 fully saturated rings. The van der Waals surface area contributed by atoms with Crippen molar-refractivity contribution in [3.8, 4) is 5.88 Å². The number of aliphatic imine (C=N–C) groups is 1. The van der Waals surface area contributed by atoms with Gasteiger partial charge in [-0.05, 0) is 54.2 Å². The highest BCUT2D eigenvalue weighted by molar-refractivity contribution is 6.20. The Morgan fingerprint density at radius 2 is 2.19 bits per heavy atom. The summed E-state index contributed by atoms with van der Waals surface area (Å²) in [5, 5.41) is 14.0. The van der Waals surface area contributed by atoms with Gasteiger partial charge in [-0.3, -0.25) is 0 Å². The van der Waals surface area contributed by atoms with Crippen molar-refractivity contribution in [2.75, 3.05) is 5.32 Å². The Kier molecular flexibility index (Phi) is 3.33. The third-order valence-corrected chi connectivity index (χ3v) is 6.99. The second kappa shape index (κ2) is 5.44. The summed E-state index contributed by atoms with van der Waals surface area (Å²) in [7, 11) is 0. The van der Waals surface area contributed by atoms with E-state index in [9.17, 15) is 5.11 Å². The first-order valence-corrected chi connectivity index (χ1v) is 9.63. The molecule has 3 atom stereocenters. The van der Waals surface area contributed by atoms with E-state index in [-0.39, 0.29) is 16.7 Å². The van der Waals surface area contributed by atoms with Gasteiger partial charge in [0.05, 0.1) is 0 Å². The minimum absolute atomic E-state index is 0.00172. The molecule has 0 saturated heterocycles. The molecule has 5 rings (SSSR count). The van der Waals surface area contributed by atoms with Gasteiger partial charge in [-0.25, -0.2) is 9.98 Å². The molecule has 2 aromatic rings. The van der Waals surface area contributed by atoms with E-state index in [0.717, 1.165) is 17.1 Å². The summed E-state index contributed by atoms with van der Waals surface area (Å²) in [5.41, 5.74) is 2.97. The second-order valence-corrected chi connectivity index (χ2v) is 9.05. The van der Waals surface area contributed by atoms with E-state index in [2.05, 4.69) is 46.0 Å². The summed E-state index contributed by atoms with van der Waals surface area (Å²) in [5.74, 6) is 2.09. The zero-order valence-corrected chi connectivity index (χ0v) is 16.0. The highest BCUT2D eigenvalue weighted by atomic mass is 16.3. The fraction of sp³-hybridized carbons (Fsp3) is 0.476. The number of pyridine rings is 1. The van der Waals surface area contributed by atoms with Crippen molar-refractivity contribution < 1.29 is 5.11 Å². The van der Waals surface area contributed by atoms with E-state index < -0.39 is 0 Å². The number of rotatable bonds is 3. The average Bonchev–Trinajstić information content (AvgIpc) is 3.35. The first-order valence-electron chi connectivity index (χ1n) is 9.63. The van der Waals surface area contributed by atoms with Gasteiger partial charge in [-0.1, -0.05) is 20.8 Å². The van der Waals surface area contributed by atoms with Gasteiger partial charge in [0.1, 0.15) is 5.69 Å². The molecule has 2 saturated carbocycles. The smallest absolute Gasteiger partial charge is 0.238 e. The van der Waals surface area contributed by atoms with Gasteiger partial charge in [0.2, 0.25) is 11.8 Å². The van der Waals surface area contributed by atoms with Crippen LogP contribution in [-0.2, 0) is 0 Å². The molecule has 0 aromatic carbocycles. The lowest BCUT2D eigenvalue weighted by atomic mass is 9.68. The number of aromatic nitrogens is 3. The molecule has 0 radical (unpaired) electrons. The maximum atomic E-state index is 10.4. The summed E-state index contributed by atoms with van der Waals surface area (Å²) >= 11 is 0. The maximum absolute atomic E-state index is 10.4. The molecule has 6 heteroatoms. The molecule has 3 N–H and O–H groups in total. The van der Waals surface area contributed by atoms with Crippen LogP contribution < -0.4 is 5.32 Å². The summed E-state index contributed by atoms with van der Waals surface area (Å²) in [4.78, 5) is 16.2. The average molecular weight is 363 g/mol. The van der Waals surface area contributed by atoms with Gasteiger partial charge in [-0.2, -0.15) is 4.98 Å². The van der Waals surface area contributed by atoms with Gasteiger partial charge in [0.15, 0.2) is 5.82 Å². The highest BCUT2D eigenvalue weighted by Crippen LogP contribution is 2.63. The van der Waals surface area contributed by atoms with Crippen LogP contribution in [0.5, 0.6) is 5.88 Å². The molecule has 0 spiro atoms. The Morgan fingerprint density at radius 1 is 1.33 bits per heavy atom. The quantitative estimate of drug-likeness (QED) is 0.755. The molecule has 2 aliphatic carbocycles. The molecule has 0 amide bonds. The number of aromatic hydroxyl groups is 1. The number of aromatic amines is 1. The van der Waals surface area contributed by atoms with Crippen molar-refractivity contribution >= 4 is 29.6 Å². The minimum Gasteiger partial charge on any atom is -0.492 e. The Labute approximate surface area is 158 Å². The summed E-state index contributed by atoms with van der Waals surface area (Å²) in [6.45, 7) is 7.08. The van der Waals surface area contributed by atoms with E-state index in [4.69, 9.17) is 0 Å². The number of nitrogens with zero attached hydrogens (tertiary/aromatic N) is 3. The summed E-state index contributed by atoms with van der Waals surface area (Å²) in [6.07, 6.45) is 9.20. The third kappa shape index (κ3) is 2.42. The van der Waals surface area contributed by atoms with E-state index in [0.29, 0.717) is 23.5 Å². The van der Waals surface area contributed by atoms with Gasteiger partial charge in [-0.15, -0.1) is 0 Å². The van der Waals surface area contributed by atoms with Crippen LogP contribution in [-0.4, -0.2) is 32.3 Å². The van der Waals surface area contributed by atoms with Crippen LogP contribution in [0.2, 0.25) is 0 Å². The Balaban J connectivity index is 1.43.